The Balaban J connectivity index is 2.05. The normalized spacial score (nSPS) is 23.3. The summed E-state index contributed by atoms with van der Waals surface area (Å²) in [6, 6.07) is 14.1. The van der Waals surface area contributed by atoms with Crippen molar-refractivity contribution in [3.8, 4) is 0 Å². The van der Waals surface area contributed by atoms with E-state index in [0.29, 0.717) is 18.4 Å². The highest BCUT2D eigenvalue weighted by Crippen LogP contribution is 2.44. The van der Waals surface area contributed by atoms with Gasteiger partial charge < -0.3 is 10.8 Å². The van der Waals surface area contributed by atoms with E-state index < -0.39 is 11.3 Å². The maximum absolute atomic E-state index is 13.5. The molecule has 2 aromatic rings. The van der Waals surface area contributed by atoms with Gasteiger partial charge in [-0.15, -0.1) is 0 Å². The first-order valence-corrected chi connectivity index (χ1v) is 7.31. The molecule has 3 rings (SSSR count). The van der Waals surface area contributed by atoms with Crippen LogP contribution >= 0.6 is 0 Å². The number of carbonyl (C=O) groups is 1. The molecule has 2 unspecified atom stereocenters. The molecule has 2 aromatic carbocycles. The SMILES string of the molecule is NC(=O)C1(CO)c2ccc(F)cc2CC1Cc1ccccc1. The molecule has 3 nitrogen and oxygen atoms in total. The lowest BCUT2D eigenvalue weighted by molar-refractivity contribution is -0.127. The van der Waals surface area contributed by atoms with E-state index in [1.54, 1.807) is 6.07 Å². The molecule has 0 aromatic heterocycles. The van der Waals surface area contributed by atoms with Crippen molar-refractivity contribution in [3.05, 3.63) is 71.0 Å². The lowest BCUT2D eigenvalue weighted by atomic mass is 9.72. The number of halogens is 1. The average molecular weight is 299 g/mol. The molecule has 0 fully saturated rings. The van der Waals surface area contributed by atoms with Crippen molar-refractivity contribution < 1.29 is 14.3 Å². The minimum atomic E-state index is -1.14. The molecule has 22 heavy (non-hydrogen) atoms. The number of nitrogens with two attached hydrogens (primary N) is 1. The molecule has 0 heterocycles. The minimum Gasteiger partial charge on any atom is -0.395 e. The highest BCUT2D eigenvalue weighted by atomic mass is 19.1. The fraction of sp³-hybridized carbons (Fsp3) is 0.278. The summed E-state index contributed by atoms with van der Waals surface area (Å²) in [6.07, 6.45) is 1.14. The average Bonchev–Trinajstić information content (AvgIpc) is 2.81. The van der Waals surface area contributed by atoms with Crippen LogP contribution in [0.5, 0.6) is 0 Å². The second-order valence-electron chi connectivity index (χ2n) is 5.89. The predicted molar refractivity (Wildman–Crippen MR) is 81.7 cm³/mol. The summed E-state index contributed by atoms with van der Waals surface area (Å²) >= 11 is 0. The van der Waals surface area contributed by atoms with Crippen LogP contribution in [0, 0.1) is 11.7 Å². The van der Waals surface area contributed by atoms with Crippen LogP contribution in [-0.2, 0) is 23.1 Å². The van der Waals surface area contributed by atoms with Crippen molar-refractivity contribution in [1.82, 2.24) is 0 Å². The third kappa shape index (κ3) is 2.20. The van der Waals surface area contributed by atoms with Crippen molar-refractivity contribution >= 4 is 5.91 Å². The maximum Gasteiger partial charge on any atom is 0.230 e. The number of amides is 1. The van der Waals surface area contributed by atoms with E-state index in [2.05, 4.69) is 0 Å². The number of aliphatic hydroxyl groups excluding tert-OH is 1. The minimum absolute atomic E-state index is 0.172. The largest absolute Gasteiger partial charge is 0.395 e. The Morgan fingerprint density at radius 1 is 1.27 bits per heavy atom. The van der Waals surface area contributed by atoms with Crippen molar-refractivity contribution in [1.29, 1.82) is 0 Å². The van der Waals surface area contributed by atoms with E-state index in [1.165, 1.54) is 12.1 Å². The van der Waals surface area contributed by atoms with Crippen LogP contribution in [0.15, 0.2) is 48.5 Å². The molecule has 114 valence electrons. The van der Waals surface area contributed by atoms with E-state index in [1.807, 2.05) is 30.3 Å². The molecule has 4 heteroatoms. The van der Waals surface area contributed by atoms with Gasteiger partial charge in [0.1, 0.15) is 11.2 Å². The van der Waals surface area contributed by atoms with Gasteiger partial charge in [-0.05, 0) is 47.6 Å². The molecule has 0 saturated carbocycles. The maximum atomic E-state index is 13.5. The zero-order valence-electron chi connectivity index (χ0n) is 12.1. The molecule has 0 aliphatic heterocycles. The molecule has 0 saturated heterocycles. The fourth-order valence-corrected chi connectivity index (χ4v) is 3.60. The highest BCUT2D eigenvalue weighted by molar-refractivity contribution is 5.89. The fourth-order valence-electron chi connectivity index (χ4n) is 3.60. The van der Waals surface area contributed by atoms with Gasteiger partial charge in [-0.1, -0.05) is 36.4 Å². The Bertz CT molecular complexity index is 701. The van der Waals surface area contributed by atoms with Gasteiger partial charge in [0.2, 0.25) is 5.91 Å². The van der Waals surface area contributed by atoms with Crippen molar-refractivity contribution in [2.24, 2.45) is 11.7 Å². The van der Waals surface area contributed by atoms with Gasteiger partial charge in [0, 0.05) is 0 Å². The van der Waals surface area contributed by atoms with Crippen LogP contribution in [0.25, 0.3) is 0 Å². The van der Waals surface area contributed by atoms with Crippen LogP contribution < -0.4 is 5.73 Å². The molecule has 0 spiro atoms. The summed E-state index contributed by atoms with van der Waals surface area (Å²) in [5, 5.41) is 9.96. The summed E-state index contributed by atoms with van der Waals surface area (Å²) in [6.45, 7) is -0.363. The standard InChI is InChI=1S/C18H18FNO2/c19-15-6-7-16-13(10-15)9-14(18(16,11-21)17(20)22)8-12-4-2-1-3-5-12/h1-7,10,14,21H,8-9,11H2,(H2,20,22). The quantitative estimate of drug-likeness (QED) is 0.906. The third-order valence-corrected chi connectivity index (χ3v) is 4.73. The van der Waals surface area contributed by atoms with Gasteiger partial charge in [0.25, 0.3) is 0 Å². The Labute approximate surface area is 128 Å². The number of fused-ring (bicyclic) bond motifs is 1. The predicted octanol–water partition coefficient (Wildman–Crippen LogP) is 1.96. The van der Waals surface area contributed by atoms with Crippen LogP contribution in [0.3, 0.4) is 0 Å². The van der Waals surface area contributed by atoms with Gasteiger partial charge >= 0.3 is 0 Å². The first-order chi connectivity index (χ1) is 10.6. The molecule has 2 atom stereocenters. The first-order valence-electron chi connectivity index (χ1n) is 7.31. The monoisotopic (exact) mass is 299 g/mol. The summed E-state index contributed by atoms with van der Waals surface area (Å²) in [5.41, 5.74) is 6.99. The number of primary amides is 1. The van der Waals surface area contributed by atoms with Crippen LogP contribution in [0.4, 0.5) is 4.39 Å². The number of hydrogen-bond donors (Lipinski definition) is 2. The first kappa shape index (κ1) is 14.7. The number of benzene rings is 2. The van der Waals surface area contributed by atoms with E-state index in [9.17, 15) is 14.3 Å². The summed E-state index contributed by atoms with van der Waals surface area (Å²) < 4.78 is 13.5. The summed E-state index contributed by atoms with van der Waals surface area (Å²) in [7, 11) is 0. The van der Waals surface area contributed by atoms with Crippen LogP contribution in [-0.4, -0.2) is 17.6 Å². The van der Waals surface area contributed by atoms with Crippen molar-refractivity contribution in [3.63, 3.8) is 0 Å². The van der Waals surface area contributed by atoms with Crippen molar-refractivity contribution in [2.75, 3.05) is 6.61 Å². The lowest BCUT2D eigenvalue weighted by Gasteiger charge is -2.31. The molecule has 1 aliphatic carbocycles. The second-order valence-corrected chi connectivity index (χ2v) is 5.89. The zero-order valence-corrected chi connectivity index (χ0v) is 12.1. The summed E-state index contributed by atoms with van der Waals surface area (Å²) in [4.78, 5) is 12.2. The molecule has 0 radical (unpaired) electrons. The summed E-state index contributed by atoms with van der Waals surface area (Å²) in [5.74, 6) is -1.06. The van der Waals surface area contributed by atoms with Gasteiger partial charge in [-0.25, -0.2) is 4.39 Å². The van der Waals surface area contributed by atoms with Crippen LogP contribution in [0.2, 0.25) is 0 Å². The molecule has 3 N–H and O–H groups in total. The Hall–Kier alpha value is -2.20. The van der Waals surface area contributed by atoms with Gasteiger partial charge in [-0.2, -0.15) is 0 Å². The molecular formula is C18H18FNO2. The number of aliphatic hydroxyl groups is 1. The molecule has 1 aliphatic rings. The van der Waals surface area contributed by atoms with E-state index in [4.69, 9.17) is 5.73 Å². The third-order valence-electron chi connectivity index (χ3n) is 4.73. The van der Waals surface area contributed by atoms with E-state index in [0.717, 1.165) is 11.1 Å². The number of hydrogen-bond acceptors (Lipinski definition) is 2. The van der Waals surface area contributed by atoms with Crippen LogP contribution in [0.1, 0.15) is 16.7 Å². The molecular weight excluding hydrogens is 281 g/mol. The number of rotatable bonds is 4. The van der Waals surface area contributed by atoms with Crippen molar-refractivity contribution in [2.45, 2.75) is 18.3 Å². The topological polar surface area (TPSA) is 63.3 Å². The van der Waals surface area contributed by atoms with Gasteiger partial charge in [0.05, 0.1) is 6.61 Å². The van der Waals surface area contributed by atoms with E-state index >= 15 is 0 Å². The second kappa shape index (κ2) is 5.54. The Morgan fingerprint density at radius 2 is 2.00 bits per heavy atom. The smallest absolute Gasteiger partial charge is 0.230 e. The molecule has 0 bridgehead atoms. The Kier molecular flexibility index (Phi) is 3.71. The lowest BCUT2D eigenvalue weighted by Crippen LogP contribution is -2.48. The van der Waals surface area contributed by atoms with E-state index in [-0.39, 0.29) is 18.3 Å². The Morgan fingerprint density at radius 3 is 2.64 bits per heavy atom. The zero-order chi connectivity index (χ0) is 15.7. The van der Waals surface area contributed by atoms with Gasteiger partial charge in [0.15, 0.2) is 0 Å². The highest BCUT2D eigenvalue weighted by Gasteiger charge is 2.50. The molecule has 1 amide bonds. The number of carbonyl (C=O) groups excluding carboxylic acids is 1. The van der Waals surface area contributed by atoms with Gasteiger partial charge in [-0.3, -0.25) is 4.79 Å².